The third kappa shape index (κ3) is 6.64. The zero-order valence-corrected chi connectivity index (χ0v) is 17.0. The van der Waals surface area contributed by atoms with Crippen LogP contribution in [0.2, 0.25) is 0 Å². The Morgan fingerprint density at radius 2 is 1.74 bits per heavy atom. The molecular weight excluding hydrogens is 360 g/mol. The smallest absolute Gasteiger partial charge is 0.276 e. The summed E-state index contributed by atoms with van der Waals surface area (Å²) < 4.78 is 5.65. The molecule has 2 aromatic carbocycles. The molecule has 27 heavy (non-hydrogen) atoms. The van der Waals surface area contributed by atoms with Crippen molar-refractivity contribution in [3.8, 4) is 5.75 Å². The maximum Gasteiger partial charge on any atom is 0.276 e. The Balaban J connectivity index is 1.77. The molecule has 0 unspecified atom stereocenters. The Morgan fingerprint density at radius 3 is 2.44 bits per heavy atom. The molecule has 0 aromatic heterocycles. The monoisotopic (exact) mass is 386 g/mol. The number of ether oxygens (including phenoxy) is 1. The molecule has 0 fully saturated rings. The van der Waals surface area contributed by atoms with Crippen LogP contribution in [0.3, 0.4) is 0 Å². The van der Waals surface area contributed by atoms with Gasteiger partial charge in [-0.1, -0.05) is 44.2 Å². The Bertz CT molecular complexity index is 806. The maximum absolute atomic E-state index is 12.0. The third-order valence-electron chi connectivity index (χ3n) is 3.94. The predicted molar refractivity (Wildman–Crippen MR) is 109 cm³/mol. The van der Waals surface area contributed by atoms with Crippen molar-refractivity contribution in [3.05, 3.63) is 59.2 Å². The molecule has 2 aromatic rings. The summed E-state index contributed by atoms with van der Waals surface area (Å²) in [6.45, 7) is 7.96. The van der Waals surface area contributed by atoms with Crippen molar-refractivity contribution in [2.45, 2.75) is 38.5 Å². The summed E-state index contributed by atoms with van der Waals surface area (Å²) in [6, 6.07) is 13.8. The van der Waals surface area contributed by atoms with Crippen LogP contribution < -0.4 is 15.6 Å². The zero-order chi connectivity index (χ0) is 19.8. The Kier molecular flexibility index (Phi) is 7.73. The minimum Gasteiger partial charge on any atom is -0.483 e. The van der Waals surface area contributed by atoms with E-state index in [4.69, 9.17) is 4.74 Å². The summed E-state index contributed by atoms with van der Waals surface area (Å²) in [4.78, 5) is 24.9. The molecule has 2 N–H and O–H groups in total. The van der Waals surface area contributed by atoms with Gasteiger partial charge >= 0.3 is 0 Å². The van der Waals surface area contributed by atoms with E-state index in [2.05, 4.69) is 24.7 Å². The highest BCUT2D eigenvalue weighted by atomic mass is 32.2. The molecule has 5 nitrogen and oxygen atoms in total. The number of hydrogen-bond donors (Lipinski definition) is 2. The molecule has 0 atom stereocenters. The van der Waals surface area contributed by atoms with E-state index in [-0.39, 0.29) is 18.3 Å². The molecule has 0 heterocycles. The molecule has 2 rings (SSSR count). The Hall–Kier alpha value is -2.47. The van der Waals surface area contributed by atoms with E-state index in [9.17, 15) is 9.59 Å². The zero-order valence-electron chi connectivity index (χ0n) is 16.2. The molecule has 144 valence electrons. The van der Waals surface area contributed by atoms with E-state index in [0.717, 1.165) is 21.6 Å². The highest BCUT2D eigenvalue weighted by molar-refractivity contribution is 8.00. The summed E-state index contributed by atoms with van der Waals surface area (Å²) >= 11 is 1.43. The van der Waals surface area contributed by atoms with Gasteiger partial charge in [-0.05, 0) is 48.6 Å². The average Bonchev–Trinajstić information content (AvgIpc) is 2.63. The first-order valence-corrected chi connectivity index (χ1v) is 9.85. The van der Waals surface area contributed by atoms with Gasteiger partial charge in [0.25, 0.3) is 5.91 Å². The summed E-state index contributed by atoms with van der Waals surface area (Å²) in [5.74, 6) is 0.542. The number of amides is 2. The first-order chi connectivity index (χ1) is 12.9. The molecule has 0 aliphatic heterocycles. The van der Waals surface area contributed by atoms with Gasteiger partial charge in [0.05, 0.1) is 5.75 Å². The SMILES string of the molecule is Cc1ccc(C(C)C)c(OCC(=O)NNC(=O)CSc2ccccc2C)c1. The second kappa shape index (κ2) is 10.0. The van der Waals surface area contributed by atoms with Gasteiger partial charge in [0.1, 0.15) is 5.75 Å². The topological polar surface area (TPSA) is 67.4 Å². The number of carbonyl (C=O) groups is 2. The average molecular weight is 387 g/mol. The molecular formula is C21H26N2O3S. The number of rotatable bonds is 7. The number of thioether (sulfide) groups is 1. The van der Waals surface area contributed by atoms with E-state index in [1.807, 2.05) is 56.3 Å². The molecule has 0 aliphatic rings. The normalized spacial score (nSPS) is 10.6. The van der Waals surface area contributed by atoms with Crippen LogP contribution in [0.4, 0.5) is 0 Å². The van der Waals surface area contributed by atoms with E-state index in [1.165, 1.54) is 11.8 Å². The van der Waals surface area contributed by atoms with Crippen molar-refractivity contribution >= 4 is 23.6 Å². The summed E-state index contributed by atoms with van der Waals surface area (Å²) in [5.41, 5.74) is 8.04. The first-order valence-electron chi connectivity index (χ1n) is 8.86. The molecule has 0 saturated carbocycles. The van der Waals surface area contributed by atoms with Gasteiger partial charge in [-0.25, -0.2) is 0 Å². The van der Waals surface area contributed by atoms with Crippen LogP contribution in [0, 0.1) is 13.8 Å². The lowest BCUT2D eigenvalue weighted by Gasteiger charge is -2.15. The number of aryl methyl sites for hydroxylation is 2. The lowest BCUT2D eigenvalue weighted by atomic mass is 10.0. The molecule has 0 saturated heterocycles. The molecule has 0 radical (unpaired) electrons. The fourth-order valence-corrected chi connectivity index (χ4v) is 3.29. The molecule has 0 bridgehead atoms. The second-order valence-corrected chi connectivity index (χ2v) is 7.65. The van der Waals surface area contributed by atoms with Gasteiger partial charge in [-0.2, -0.15) is 0 Å². The van der Waals surface area contributed by atoms with E-state index in [1.54, 1.807) is 0 Å². The molecule has 0 aliphatic carbocycles. The van der Waals surface area contributed by atoms with Crippen LogP contribution in [0.1, 0.15) is 36.5 Å². The van der Waals surface area contributed by atoms with Crippen molar-refractivity contribution in [1.82, 2.24) is 10.9 Å². The third-order valence-corrected chi connectivity index (χ3v) is 5.12. The van der Waals surface area contributed by atoms with Crippen molar-refractivity contribution in [1.29, 1.82) is 0 Å². The van der Waals surface area contributed by atoms with Crippen LogP contribution in [-0.2, 0) is 9.59 Å². The first kappa shape index (κ1) is 20.8. The highest BCUT2D eigenvalue weighted by Crippen LogP contribution is 2.27. The molecule has 6 heteroatoms. The fraction of sp³-hybridized carbons (Fsp3) is 0.333. The van der Waals surface area contributed by atoms with Gasteiger partial charge in [-0.15, -0.1) is 11.8 Å². The number of benzene rings is 2. The largest absolute Gasteiger partial charge is 0.483 e. The Morgan fingerprint density at radius 1 is 1.04 bits per heavy atom. The molecule has 0 spiro atoms. The van der Waals surface area contributed by atoms with Gasteiger partial charge in [0, 0.05) is 4.90 Å². The van der Waals surface area contributed by atoms with Crippen LogP contribution in [0.15, 0.2) is 47.4 Å². The van der Waals surface area contributed by atoms with Gasteiger partial charge in [0.15, 0.2) is 6.61 Å². The van der Waals surface area contributed by atoms with Crippen molar-refractivity contribution in [3.63, 3.8) is 0 Å². The number of carbonyl (C=O) groups excluding carboxylic acids is 2. The van der Waals surface area contributed by atoms with Crippen LogP contribution in [0.25, 0.3) is 0 Å². The maximum atomic E-state index is 12.0. The second-order valence-electron chi connectivity index (χ2n) is 6.64. The minimum absolute atomic E-state index is 0.158. The van der Waals surface area contributed by atoms with Crippen molar-refractivity contribution in [2.75, 3.05) is 12.4 Å². The predicted octanol–water partition coefficient (Wildman–Crippen LogP) is 3.75. The van der Waals surface area contributed by atoms with E-state index < -0.39 is 5.91 Å². The Labute approximate surface area is 164 Å². The van der Waals surface area contributed by atoms with Gasteiger partial charge in [0.2, 0.25) is 5.91 Å². The quantitative estimate of drug-likeness (QED) is 0.562. The number of hydrogen-bond acceptors (Lipinski definition) is 4. The molecule has 2 amide bonds. The van der Waals surface area contributed by atoms with Crippen molar-refractivity contribution in [2.24, 2.45) is 0 Å². The van der Waals surface area contributed by atoms with Crippen LogP contribution >= 0.6 is 11.8 Å². The standard InChI is InChI=1S/C21H26N2O3S/c1-14(2)17-10-9-15(3)11-18(17)26-12-20(24)22-23-21(25)13-27-19-8-6-5-7-16(19)4/h5-11,14H,12-13H2,1-4H3,(H,22,24)(H,23,25). The van der Waals surface area contributed by atoms with Crippen molar-refractivity contribution < 1.29 is 14.3 Å². The number of nitrogens with one attached hydrogen (secondary N) is 2. The lowest BCUT2D eigenvalue weighted by Crippen LogP contribution is -2.44. The fourth-order valence-electron chi connectivity index (χ4n) is 2.46. The minimum atomic E-state index is -0.402. The summed E-state index contributed by atoms with van der Waals surface area (Å²) in [7, 11) is 0. The van der Waals surface area contributed by atoms with Crippen LogP contribution in [-0.4, -0.2) is 24.2 Å². The lowest BCUT2D eigenvalue weighted by molar-refractivity contribution is -0.128. The summed E-state index contributed by atoms with van der Waals surface area (Å²) in [5, 5.41) is 0. The van der Waals surface area contributed by atoms with E-state index in [0.29, 0.717) is 11.7 Å². The van der Waals surface area contributed by atoms with Crippen LogP contribution in [0.5, 0.6) is 5.75 Å². The van der Waals surface area contributed by atoms with E-state index >= 15 is 0 Å². The number of hydrazine groups is 1. The van der Waals surface area contributed by atoms with Gasteiger partial charge < -0.3 is 4.74 Å². The summed E-state index contributed by atoms with van der Waals surface area (Å²) in [6.07, 6.45) is 0. The van der Waals surface area contributed by atoms with Gasteiger partial charge in [-0.3, -0.25) is 20.4 Å². The highest BCUT2D eigenvalue weighted by Gasteiger charge is 2.11.